The molecule has 0 fully saturated rings. The number of aryl methyl sites for hydroxylation is 1. The van der Waals surface area contributed by atoms with Crippen LogP contribution in [-0.4, -0.2) is 10.8 Å². The van der Waals surface area contributed by atoms with E-state index >= 15 is 0 Å². The zero-order valence-electron chi connectivity index (χ0n) is 12.8. The van der Waals surface area contributed by atoms with Gasteiger partial charge in [-0.15, -0.1) is 0 Å². The number of hydrogen-bond donors (Lipinski definition) is 1. The maximum Gasteiger partial charge on any atom is 0.163 e. The van der Waals surface area contributed by atoms with Crippen molar-refractivity contribution in [1.29, 1.82) is 0 Å². The molecular weight excluding hydrogens is 272 g/mol. The van der Waals surface area contributed by atoms with E-state index in [2.05, 4.69) is 22.4 Å². The second-order valence-corrected chi connectivity index (χ2v) is 5.36. The molecule has 0 spiro atoms. The van der Waals surface area contributed by atoms with Crippen LogP contribution in [0, 0.1) is 6.92 Å². The number of nitrogens with zero attached hydrogens (tertiary/aromatic N) is 1. The third kappa shape index (κ3) is 2.70. The minimum Gasteiger partial charge on any atom is -0.380 e. The number of para-hydroxylation sites is 1. The van der Waals surface area contributed by atoms with Gasteiger partial charge in [-0.1, -0.05) is 48.5 Å². The molecule has 1 heterocycles. The van der Waals surface area contributed by atoms with Gasteiger partial charge in [-0.25, -0.2) is 0 Å². The summed E-state index contributed by atoms with van der Waals surface area (Å²) in [5.74, 6) is 0.0336. The maximum atomic E-state index is 12.1. The van der Waals surface area contributed by atoms with Gasteiger partial charge in [0.05, 0.1) is 22.5 Å². The number of ketones is 1. The Morgan fingerprint density at radius 2 is 1.73 bits per heavy atom. The molecule has 0 aliphatic carbocycles. The number of fused-ring (bicyclic) bond motifs is 1. The summed E-state index contributed by atoms with van der Waals surface area (Å²) < 4.78 is 0. The lowest BCUT2D eigenvalue weighted by Crippen LogP contribution is -2.09. The molecule has 0 amide bonds. The number of pyridine rings is 1. The second kappa shape index (κ2) is 5.98. The highest BCUT2D eigenvalue weighted by atomic mass is 16.1. The predicted molar refractivity (Wildman–Crippen MR) is 90.3 cm³/mol. The number of aromatic nitrogens is 1. The van der Waals surface area contributed by atoms with Crippen molar-refractivity contribution in [3.05, 3.63) is 71.4 Å². The quantitative estimate of drug-likeness (QED) is 0.726. The first kappa shape index (κ1) is 14.3. The van der Waals surface area contributed by atoms with Gasteiger partial charge in [0, 0.05) is 11.9 Å². The van der Waals surface area contributed by atoms with E-state index in [1.807, 2.05) is 49.4 Å². The largest absolute Gasteiger partial charge is 0.380 e. The van der Waals surface area contributed by atoms with Crippen molar-refractivity contribution in [2.45, 2.75) is 20.4 Å². The van der Waals surface area contributed by atoms with E-state index in [-0.39, 0.29) is 5.78 Å². The van der Waals surface area contributed by atoms with Crippen LogP contribution >= 0.6 is 0 Å². The Morgan fingerprint density at radius 1 is 1.05 bits per heavy atom. The van der Waals surface area contributed by atoms with Crippen LogP contribution < -0.4 is 5.32 Å². The van der Waals surface area contributed by atoms with Gasteiger partial charge < -0.3 is 5.32 Å². The summed E-state index contributed by atoms with van der Waals surface area (Å²) in [6.07, 6.45) is 0. The van der Waals surface area contributed by atoms with Gasteiger partial charge in [-0.05, 0) is 25.5 Å². The number of rotatable bonds is 4. The highest BCUT2D eigenvalue weighted by Gasteiger charge is 2.15. The normalized spacial score (nSPS) is 10.6. The highest BCUT2D eigenvalue weighted by Crippen LogP contribution is 2.29. The van der Waals surface area contributed by atoms with E-state index in [9.17, 15) is 4.79 Å². The average Bonchev–Trinajstić information content (AvgIpc) is 2.52. The molecule has 0 radical (unpaired) electrons. The Kier molecular flexibility index (Phi) is 3.88. The summed E-state index contributed by atoms with van der Waals surface area (Å²) >= 11 is 0. The van der Waals surface area contributed by atoms with E-state index in [1.54, 1.807) is 6.92 Å². The molecule has 3 rings (SSSR count). The molecule has 3 nitrogen and oxygen atoms in total. The SMILES string of the molecule is CC(=O)c1c(C)nc2ccccc2c1NCc1ccccc1. The standard InChI is InChI=1S/C19H18N2O/c1-13-18(14(2)22)19(16-10-6-7-11-17(16)21-13)20-12-15-8-4-3-5-9-15/h3-11H,12H2,1-2H3,(H,20,21). The van der Waals surface area contributed by atoms with Gasteiger partial charge >= 0.3 is 0 Å². The molecule has 2 aromatic carbocycles. The summed E-state index contributed by atoms with van der Waals surface area (Å²) in [4.78, 5) is 16.6. The fraction of sp³-hybridized carbons (Fsp3) is 0.158. The summed E-state index contributed by atoms with van der Waals surface area (Å²) in [6, 6.07) is 18.1. The Hall–Kier alpha value is -2.68. The first-order chi connectivity index (χ1) is 10.7. The highest BCUT2D eigenvalue weighted by molar-refractivity contribution is 6.08. The Bertz CT molecular complexity index is 825. The molecule has 0 bridgehead atoms. The topological polar surface area (TPSA) is 42.0 Å². The van der Waals surface area contributed by atoms with E-state index < -0.39 is 0 Å². The molecule has 0 saturated heterocycles. The molecule has 3 heteroatoms. The third-order valence-electron chi connectivity index (χ3n) is 3.74. The molecule has 1 aromatic heterocycles. The molecule has 0 saturated carbocycles. The molecule has 1 N–H and O–H groups in total. The fourth-order valence-corrected chi connectivity index (χ4v) is 2.74. The minimum absolute atomic E-state index is 0.0336. The van der Waals surface area contributed by atoms with Crippen LogP contribution in [0.5, 0.6) is 0 Å². The van der Waals surface area contributed by atoms with E-state index in [0.29, 0.717) is 12.1 Å². The lowest BCUT2D eigenvalue weighted by Gasteiger charge is -2.15. The third-order valence-corrected chi connectivity index (χ3v) is 3.74. The lowest BCUT2D eigenvalue weighted by atomic mass is 10.0. The van der Waals surface area contributed by atoms with Crippen LogP contribution in [0.4, 0.5) is 5.69 Å². The molecule has 0 atom stereocenters. The van der Waals surface area contributed by atoms with E-state index in [1.165, 1.54) is 5.56 Å². The minimum atomic E-state index is 0.0336. The van der Waals surface area contributed by atoms with Crippen molar-refractivity contribution < 1.29 is 4.79 Å². The number of carbonyl (C=O) groups is 1. The number of carbonyl (C=O) groups excluding carboxylic acids is 1. The van der Waals surface area contributed by atoms with Crippen molar-refractivity contribution in [2.75, 3.05) is 5.32 Å². The number of anilines is 1. The van der Waals surface area contributed by atoms with Gasteiger partial charge in [0.15, 0.2) is 5.78 Å². The predicted octanol–water partition coefficient (Wildman–Crippen LogP) is 4.36. The number of nitrogens with one attached hydrogen (secondary N) is 1. The van der Waals surface area contributed by atoms with Crippen molar-refractivity contribution in [1.82, 2.24) is 4.98 Å². The molecular formula is C19H18N2O. The maximum absolute atomic E-state index is 12.1. The van der Waals surface area contributed by atoms with Crippen LogP contribution in [0.1, 0.15) is 28.5 Å². The summed E-state index contributed by atoms with van der Waals surface area (Å²) in [5, 5.41) is 4.41. The monoisotopic (exact) mass is 290 g/mol. The summed E-state index contributed by atoms with van der Waals surface area (Å²) in [7, 11) is 0. The van der Waals surface area contributed by atoms with Crippen LogP contribution in [0.25, 0.3) is 10.9 Å². The van der Waals surface area contributed by atoms with E-state index in [0.717, 1.165) is 22.3 Å². The first-order valence-corrected chi connectivity index (χ1v) is 7.35. The Morgan fingerprint density at radius 3 is 2.45 bits per heavy atom. The van der Waals surface area contributed by atoms with E-state index in [4.69, 9.17) is 0 Å². The fourth-order valence-electron chi connectivity index (χ4n) is 2.74. The Balaban J connectivity index is 2.09. The van der Waals surface area contributed by atoms with Gasteiger partial charge in [0.1, 0.15) is 0 Å². The van der Waals surface area contributed by atoms with Gasteiger partial charge in [0.25, 0.3) is 0 Å². The summed E-state index contributed by atoms with van der Waals surface area (Å²) in [6.45, 7) is 4.15. The number of Topliss-reactive ketones (excluding diaryl/α,β-unsaturated/α-hetero) is 1. The van der Waals surface area contributed by atoms with Crippen molar-refractivity contribution in [3.63, 3.8) is 0 Å². The molecule has 22 heavy (non-hydrogen) atoms. The average molecular weight is 290 g/mol. The molecule has 0 unspecified atom stereocenters. The van der Waals surface area contributed by atoms with Crippen molar-refractivity contribution >= 4 is 22.4 Å². The molecule has 0 aliphatic heterocycles. The molecule has 3 aromatic rings. The van der Waals surface area contributed by atoms with Crippen LogP contribution in [0.3, 0.4) is 0 Å². The zero-order chi connectivity index (χ0) is 15.5. The van der Waals surface area contributed by atoms with Crippen LogP contribution in [0.15, 0.2) is 54.6 Å². The van der Waals surface area contributed by atoms with Crippen molar-refractivity contribution in [3.8, 4) is 0 Å². The number of benzene rings is 2. The smallest absolute Gasteiger partial charge is 0.163 e. The zero-order valence-corrected chi connectivity index (χ0v) is 12.8. The van der Waals surface area contributed by atoms with Crippen molar-refractivity contribution in [2.24, 2.45) is 0 Å². The van der Waals surface area contributed by atoms with Crippen LogP contribution in [0.2, 0.25) is 0 Å². The second-order valence-electron chi connectivity index (χ2n) is 5.36. The Labute approximate surface area is 130 Å². The molecule has 110 valence electrons. The van der Waals surface area contributed by atoms with Crippen LogP contribution in [-0.2, 0) is 6.54 Å². The molecule has 0 aliphatic rings. The summed E-state index contributed by atoms with van der Waals surface area (Å²) in [5.41, 5.74) is 4.40. The van der Waals surface area contributed by atoms with Gasteiger partial charge in [0.2, 0.25) is 0 Å². The number of hydrogen-bond acceptors (Lipinski definition) is 3. The van der Waals surface area contributed by atoms with Gasteiger partial charge in [-0.2, -0.15) is 0 Å². The lowest BCUT2D eigenvalue weighted by molar-refractivity contribution is 0.101. The van der Waals surface area contributed by atoms with Gasteiger partial charge in [-0.3, -0.25) is 9.78 Å². The first-order valence-electron chi connectivity index (χ1n) is 7.35.